The summed E-state index contributed by atoms with van der Waals surface area (Å²) in [5.41, 5.74) is 2.06. The number of hydrogen-bond donors (Lipinski definition) is 2. The molecule has 4 heteroatoms. The second kappa shape index (κ2) is 8.91. The van der Waals surface area contributed by atoms with Gasteiger partial charge < -0.3 is 10.4 Å². The lowest BCUT2D eigenvalue weighted by Crippen LogP contribution is -2.43. The van der Waals surface area contributed by atoms with Crippen LogP contribution in [-0.4, -0.2) is 41.7 Å². The average molecular weight is 304 g/mol. The Balaban J connectivity index is 1.95. The third kappa shape index (κ3) is 4.82. The van der Waals surface area contributed by atoms with Crippen molar-refractivity contribution >= 4 is 11.6 Å². The van der Waals surface area contributed by atoms with Crippen molar-refractivity contribution in [1.29, 1.82) is 0 Å². The number of anilines is 1. The first-order chi connectivity index (χ1) is 10.7. The Bertz CT molecular complexity index is 470. The van der Waals surface area contributed by atoms with Crippen molar-refractivity contribution in [3.05, 3.63) is 29.8 Å². The van der Waals surface area contributed by atoms with Gasteiger partial charge in [-0.3, -0.25) is 9.69 Å². The lowest BCUT2D eigenvalue weighted by molar-refractivity contribution is -0.118. The van der Waals surface area contributed by atoms with Gasteiger partial charge in [0.05, 0.1) is 13.2 Å². The van der Waals surface area contributed by atoms with E-state index in [1.807, 2.05) is 24.3 Å². The van der Waals surface area contributed by atoms with Crippen LogP contribution in [0.15, 0.2) is 24.3 Å². The summed E-state index contributed by atoms with van der Waals surface area (Å²) < 4.78 is 0. The smallest absolute Gasteiger partial charge is 0.238 e. The maximum absolute atomic E-state index is 12.4. The van der Waals surface area contributed by atoms with Crippen LogP contribution in [0.1, 0.15) is 44.6 Å². The number of aliphatic hydroxyl groups excluding tert-OH is 1. The van der Waals surface area contributed by atoms with Crippen molar-refractivity contribution in [2.75, 3.05) is 25.0 Å². The molecule has 0 saturated heterocycles. The number of nitrogens with zero attached hydrogens (tertiary/aromatic N) is 1. The average Bonchev–Trinajstić information content (AvgIpc) is 2.56. The Hall–Kier alpha value is -1.39. The van der Waals surface area contributed by atoms with Gasteiger partial charge in [0.25, 0.3) is 0 Å². The minimum absolute atomic E-state index is 0.0138. The standard InChI is InChI=1S/C18H28N2O2/c1-2-15-8-6-7-11-17(15)19-18(22)14-20(12-13-21)16-9-4-3-5-10-16/h6-8,11,16,21H,2-5,9-10,12-14H2,1H3,(H,19,22). The van der Waals surface area contributed by atoms with Crippen molar-refractivity contribution < 1.29 is 9.90 Å². The molecule has 22 heavy (non-hydrogen) atoms. The van der Waals surface area contributed by atoms with Gasteiger partial charge in [0.2, 0.25) is 5.91 Å². The minimum atomic E-state index is 0.0138. The molecular formula is C18H28N2O2. The molecule has 0 unspecified atom stereocenters. The summed E-state index contributed by atoms with van der Waals surface area (Å²) in [6, 6.07) is 8.37. The summed E-state index contributed by atoms with van der Waals surface area (Å²) in [5, 5.41) is 12.3. The molecule has 1 aromatic rings. The quantitative estimate of drug-likeness (QED) is 0.814. The van der Waals surface area contributed by atoms with E-state index >= 15 is 0 Å². The molecule has 1 aliphatic carbocycles. The van der Waals surface area contributed by atoms with Gasteiger partial charge in [-0.1, -0.05) is 44.4 Å². The Morgan fingerprint density at radius 2 is 2.00 bits per heavy atom. The molecule has 122 valence electrons. The summed E-state index contributed by atoms with van der Waals surface area (Å²) >= 11 is 0. The minimum Gasteiger partial charge on any atom is -0.395 e. The van der Waals surface area contributed by atoms with Crippen molar-refractivity contribution in [2.24, 2.45) is 0 Å². The third-order valence-corrected chi connectivity index (χ3v) is 4.50. The highest BCUT2D eigenvalue weighted by Crippen LogP contribution is 2.22. The zero-order valence-corrected chi connectivity index (χ0v) is 13.6. The molecular weight excluding hydrogens is 276 g/mol. The molecule has 1 aliphatic rings. The maximum atomic E-state index is 12.4. The second-order valence-corrected chi connectivity index (χ2v) is 6.04. The van der Waals surface area contributed by atoms with E-state index in [0.29, 0.717) is 19.1 Å². The summed E-state index contributed by atoms with van der Waals surface area (Å²) in [4.78, 5) is 14.5. The highest BCUT2D eigenvalue weighted by Gasteiger charge is 2.22. The van der Waals surface area contributed by atoms with E-state index < -0.39 is 0 Å². The maximum Gasteiger partial charge on any atom is 0.238 e. The molecule has 4 nitrogen and oxygen atoms in total. The van der Waals surface area contributed by atoms with Crippen LogP contribution in [0.25, 0.3) is 0 Å². The Morgan fingerprint density at radius 1 is 1.27 bits per heavy atom. The first kappa shape index (κ1) is 17.0. The Labute approximate surface area is 133 Å². The van der Waals surface area contributed by atoms with E-state index in [4.69, 9.17) is 0 Å². The van der Waals surface area contributed by atoms with Crippen LogP contribution in [0.4, 0.5) is 5.69 Å². The van der Waals surface area contributed by atoms with Crippen LogP contribution in [0.5, 0.6) is 0 Å². The van der Waals surface area contributed by atoms with Crippen LogP contribution in [0, 0.1) is 0 Å². The molecule has 1 fully saturated rings. The Morgan fingerprint density at radius 3 is 2.68 bits per heavy atom. The fraction of sp³-hybridized carbons (Fsp3) is 0.611. The summed E-state index contributed by atoms with van der Waals surface area (Å²) in [5.74, 6) is 0.0138. The van der Waals surface area contributed by atoms with Gasteiger partial charge in [-0.2, -0.15) is 0 Å². The summed E-state index contributed by atoms with van der Waals surface area (Å²) in [7, 11) is 0. The van der Waals surface area contributed by atoms with Gasteiger partial charge in [0, 0.05) is 18.3 Å². The molecule has 0 aliphatic heterocycles. The van der Waals surface area contributed by atoms with Crippen LogP contribution < -0.4 is 5.32 Å². The number of hydrogen-bond acceptors (Lipinski definition) is 3. The summed E-state index contributed by atoms with van der Waals surface area (Å²) in [6.07, 6.45) is 6.93. The molecule has 1 aromatic carbocycles. The van der Waals surface area contributed by atoms with E-state index in [0.717, 1.165) is 30.5 Å². The van der Waals surface area contributed by atoms with Gasteiger partial charge in [0.15, 0.2) is 0 Å². The van der Waals surface area contributed by atoms with E-state index in [2.05, 4.69) is 17.1 Å². The molecule has 0 radical (unpaired) electrons. The third-order valence-electron chi connectivity index (χ3n) is 4.50. The van der Waals surface area contributed by atoms with Gasteiger partial charge in [-0.25, -0.2) is 0 Å². The number of rotatable bonds is 7. The number of carbonyl (C=O) groups is 1. The number of carbonyl (C=O) groups excluding carboxylic acids is 1. The number of aryl methyl sites for hydroxylation is 1. The van der Waals surface area contributed by atoms with E-state index in [1.54, 1.807) is 0 Å². The van der Waals surface area contributed by atoms with Crippen LogP contribution in [-0.2, 0) is 11.2 Å². The largest absolute Gasteiger partial charge is 0.395 e. The number of nitrogens with one attached hydrogen (secondary N) is 1. The first-order valence-corrected chi connectivity index (χ1v) is 8.47. The van der Waals surface area contributed by atoms with Crippen molar-refractivity contribution in [1.82, 2.24) is 4.90 Å². The topological polar surface area (TPSA) is 52.6 Å². The van der Waals surface area contributed by atoms with Crippen LogP contribution >= 0.6 is 0 Å². The molecule has 0 spiro atoms. The SMILES string of the molecule is CCc1ccccc1NC(=O)CN(CCO)C1CCCCC1. The van der Waals surface area contributed by atoms with Crippen LogP contribution in [0.3, 0.4) is 0 Å². The molecule has 0 bridgehead atoms. The highest BCUT2D eigenvalue weighted by molar-refractivity contribution is 5.93. The van der Waals surface area contributed by atoms with Gasteiger partial charge in [-0.05, 0) is 30.9 Å². The fourth-order valence-corrected chi connectivity index (χ4v) is 3.29. The number of aliphatic hydroxyl groups is 1. The molecule has 0 heterocycles. The lowest BCUT2D eigenvalue weighted by Gasteiger charge is -2.33. The van der Waals surface area contributed by atoms with E-state index in [-0.39, 0.29) is 12.5 Å². The molecule has 0 atom stereocenters. The lowest BCUT2D eigenvalue weighted by atomic mass is 9.94. The monoisotopic (exact) mass is 304 g/mol. The van der Waals surface area contributed by atoms with Crippen LogP contribution in [0.2, 0.25) is 0 Å². The first-order valence-electron chi connectivity index (χ1n) is 8.47. The molecule has 0 aromatic heterocycles. The van der Waals surface area contributed by atoms with Gasteiger partial charge in [-0.15, -0.1) is 0 Å². The zero-order chi connectivity index (χ0) is 15.8. The van der Waals surface area contributed by atoms with E-state index in [9.17, 15) is 9.90 Å². The Kier molecular flexibility index (Phi) is 6.87. The fourth-order valence-electron chi connectivity index (χ4n) is 3.29. The van der Waals surface area contributed by atoms with Gasteiger partial charge >= 0.3 is 0 Å². The second-order valence-electron chi connectivity index (χ2n) is 6.04. The highest BCUT2D eigenvalue weighted by atomic mass is 16.3. The van der Waals surface area contributed by atoms with Gasteiger partial charge in [0.1, 0.15) is 0 Å². The number of para-hydroxylation sites is 1. The predicted molar refractivity (Wildman–Crippen MR) is 90.0 cm³/mol. The number of benzene rings is 1. The number of amides is 1. The molecule has 2 N–H and O–H groups in total. The molecule has 1 amide bonds. The normalized spacial score (nSPS) is 16.0. The predicted octanol–water partition coefficient (Wildman–Crippen LogP) is 2.81. The van der Waals surface area contributed by atoms with E-state index in [1.165, 1.54) is 19.3 Å². The van der Waals surface area contributed by atoms with Crippen molar-refractivity contribution in [3.63, 3.8) is 0 Å². The zero-order valence-electron chi connectivity index (χ0n) is 13.6. The molecule has 2 rings (SSSR count). The van der Waals surface area contributed by atoms with Crippen molar-refractivity contribution in [3.8, 4) is 0 Å². The van der Waals surface area contributed by atoms with Crippen molar-refractivity contribution in [2.45, 2.75) is 51.5 Å². The summed E-state index contributed by atoms with van der Waals surface area (Å²) in [6.45, 7) is 3.14. The molecule has 1 saturated carbocycles.